The molecular formula is C9H19NO. The van der Waals surface area contributed by atoms with Gasteiger partial charge in [-0.25, -0.2) is 0 Å². The van der Waals surface area contributed by atoms with E-state index < -0.39 is 0 Å². The van der Waals surface area contributed by atoms with Crippen molar-refractivity contribution in [2.24, 2.45) is 0 Å². The van der Waals surface area contributed by atoms with Gasteiger partial charge in [-0.15, -0.1) is 0 Å². The van der Waals surface area contributed by atoms with Gasteiger partial charge in [0, 0.05) is 6.04 Å². The number of likely N-dealkylation sites (N-methyl/N-ethyl adjacent to an activating group) is 1. The van der Waals surface area contributed by atoms with Crippen LogP contribution in [0.5, 0.6) is 0 Å². The van der Waals surface area contributed by atoms with Gasteiger partial charge in [-0.05, 0) is 40.2 Å². The van der Waals surface area contributed by atoms with Crippen molar-refractivity contribution in [1.29, 1.82) is 0 Å². The quantitative estimate of drug-likeness (QED) is 0.671. The minimum atomic E-state index is 0.369. The van der Waals surface area contributed by atoms with Crippen LogP contribution in [-0.2, 0) is 4.74 Å². The molecule has 0 aromatic heterocycles. The molecule has 1 aliphatic rings. The highest BCUT2D eigenvalue weighted by molar-refractivity contribution is 4.83. The zero-order valence-corrected chi connectivity index (χ0v) is 7.76. The number of ether oxygens (including phenoxy) is 1. The van der Waals surface area contributed by atoms with E-state index in [1.54, 1.807) is 0 Å². The molecule has 0 unspecified atom stereocenters. The van der Waals surface area contributed by atoms with Gasteiger partial charge in [-0.3, -0.25) is 0 Å². The van der Waals surface area contributed by atoms with Crippen LogP contribution in [0.15, 0.2) is 0 Å². The fourth-order valence-corrected chi connectivity index (χ4v) is 1.77. The maximum atomic E-state index is 5.75. The van der Waals surface area contributed by atoms with Gasteiger partial charge in [0.25, 0.3) is 0 Å². The topological polar surface area (TPSA) is 21.3 Å². The molecule has 1 N–H and O–H groups in total. The van der Waals surface area contributed by atoms with E-state index in [2.05, 4.69) is 19.2 Å². The summed E-state index contributed by atoms with van der Waals surface area (Å²) in [6.07, 6.45) is 4.63. The SMILES string of the molecule is CN[C@@H]1CCC[C@H]1OC(C)C. The van der Waals surface area contributed by atoms with Crippen LogP contribution in [0.3, 0.4) is 0 Å². The van der Waals surface area contributed by atoms with Crippen molar-refractivity contribution in [3.05, 3.63) is 0 Å². The number of nitrogens with one attached hydrogen (secondary N) is 1. The number of hydrogen-bond acceptors (Lipinski definition) is 2. The lowest BCUT2D eigenvalue weighted by atomic mass is 10.2. The Morgan fingerprint density at radius 2 is 2.09 bits per heavy atom. The molecule has 1 rings (SSSR count). The lowest BCUT2D eigenvalue weighted by Crippen LogP contribution is -2.36. The van der Waals surface area contributed by atoms with Gasteiger partial charge >= 0.3 is 0 Å². The van der Waals surface area contributed by atoms with Crippen molar-refractivity contribution >= 4 is 0 Å². The van der Waals surface area contributed by atoms with Crippen molar-refractivity contribution in [2.45, 2.75) is 51.4 Å². The molecule has 1 saturated carbocycles. The van der Waals surface area contributed by atoms with Crippen LogP contribution < -0.4 is 5.32 Å². The average molecular weight is 157 g/mol. The molecule has 0 spiro atoms. The Labute approximate surface area is 69.3 Å². The smallest absolute Gasteiger partial charge is 0.0731 e. The van der Waals surface area contributed by atoms with Crippen molar-refractivity contribution in [1.82, 2.24) is 5.32 Å². The van der Waals surface area contributed by atoms with Gasteiger partial charge in [0.2, 0.25) is 0 Å². The summed E-state index contributed by atoms with van der Waals surface area (Å²) in [6.45, 7) is 4.20. The average Bonchev–Trinajstić information content (AvgIpc) is 2.34. The molecule has 1 fully saturated rings. The second kappa shape index (κ2) is 4.07. The molecule has 0 aromatic carbocycles. The maximum Gasteiger partial charge on any atom is 0.0731 e. The Hall–Kier alpha value is -0.0800. The fourth-order valence-electron chi connectivity index (χ4n) is 1.77. The first kappa shape index (κ1) is 9.01. The van der Waals surface area contributed by atoms with Crippen LogP contribution in [0.25, 0.3) is 0 Å². The Kier molecular flexibility index (Phi) is 3.34. The first-order chi connectivity index (χ1) is 5.24. The number of rotatable bonds is 3. The molecular weight excluding hydrogens is 138 g/mol. The summed E-state index contributed by atoms with van der Waals surface area (Å²) < 4.78 is 5.75. The van der Waals surface area contributed by atoms with E-state index in [-0.39, 0.29) is 0 Å². The molecule has 2 nitrogen and oxygen atoms in total. The van der Waals surface area contributed by atoms with Crippen molar-refractivity contribution in [3.63, 3.8) is 0 Å². The van der Waals surface area contributed by atoms with Crippen LogP contribution in [0, 0.1) is 0 Å². The van der Waals surface area contributed by atoms with E-state index in [4.69, 9.17) is 4.74 Å². The van der Waals surface area contributed by atoms with Crippen LogP contribution in [0.4, 0.5) is 0 Å². The summed E-state index contributed by atoms with van der Waals surface area (Å²) in [5.41, 5.74) is 0. The van der Waals surface area contributed by atoms with Crippen LogP contribution in [0.1, 0.15) is 33.1 Å². The summed E-state index contributed by atoms with van der Waals surface area (Å²) in [6, 6.07) is 0.595. The molecule has 0 bridgehead atoms. The predicted molar refractivity (Wildman–Crippen MR) is 46.7 cm³/mol. The summed E-state index contributed by atoms with van der Waals surface area (Å²) in [5.74, 6) is 0. The second-order valence-electron chi connectivity index (χ2n) is 3.55. The normalized spacial score (nSPS) is 31.6. The Morgan fingerprint density at radius 3 is 2.64 bits per heavy atom. The van der Waals surface area contributed by atoms with Crippen molar-refractivity contribution in [3.8, 4) is 0 Å². The van der Waals surface area contributed by atoms with Gasteiger partial charge in [-0.1, -0.05) is 0 Å². The highest BCUT2D eigenvalue weighted by Crippen LogP contribution is 2.22. The van der Waals surface area contributed by atoms with Gasteiger partial charge in [0.15, 0.2) is 0 Å². The third kappa shape index (κ3) is 2.46. The zero-order chi connectivity index (χ0) is 8.27. The zero-order valence-electron chi connectivity index (χ0n) is 7.76. The van der Waals surface area contributed by atoms with E-state index in [0.717, 1.165) is 0 Å². The first-order valence-corrected chi connectivity index (χ1v) is 4.56. The maximum absolute atomic E-state index is 5.75. The van der Waals surface area contributed by atoms with E-state index in [1.807, 2.05) is 7.05 Å². The molecule has 11 heavy (non-hydrogen) atoms. The molecule has 0 aromatic rings. The van der Waals surface area contributed by atoms with Gasteiger partial charge in [0.1, 0.15) is 0 Å². The molecule has 2 atom stereocenters. The molecule has 2 heteroatoms. The molecule has 0 aliphatic heterocycles. The lowest BCUT2D eigenvalue weighted by molar-refractivity contribution is -0.00105. The van der Waals surface area contributed by atoms with Crippen LogP contribution in [0.2, 0.25) is 0 Å². The monoisotopic (exact) mass is 157 g/mol. The highest BCUT2D eigenvalue weighted by Gasteiger charge is 2.26. The Bertz CT molecular complexity index is 114. The van der Waals surface area contributed by atoms with Gasteiger partial charge in [-0.2, -0.15) is 0 Å². The summed E-state index contributed by atoms with van der Waals surface area (Å²) in [4.78, 5) is 0. The summed E-state index contributed by atoms with van der Waals surface area (Å²) in [7, 11) is 2.02. The standard InChI is InChI=1S/C9H19NO/c1-7(2)11-9-6-4-5-8(9)10-3/h7-10H,4-6H2,1-3H3/t8-,9-/m1/s1. The van der Waals surface area contributed by atoms with Crippen molar-refractivity contribution in [2.75, 3.05) is 7.05 Å². The highest BCUT2D eigenvalue weighted by atomic mass is 16.5. The van der Waals surface area contributed by atoms with E-state index in [0.29, 0.717) is 18.2 Å². The molecule has 0 heterocycles. The summed E-state index contributed by atoms with van der Waals surface area (Å²) in [5, 5.41) is 3.29. The largest absolute Gasteiger partial charge is 0.374 e. The first-order valence-electron chi connectivity index (χ1n) is 4.56. The van der Waals surface area contributed by atoms with Gasteiger partial charge < -0.3 is 10.1 Å². The minimum absolute atomic E-state index is 0.369. The molecule has 0 radical (unpaired) electrons. The second-order valence-corrected chi connectivity index (χ2v) is 3.55. The third-order valence-corrected chi connectivity index (χ3v) is 2.27. The lowest BCUT2D eigenvalue weighted by Gasteiger charge is -2.21. The fraction of sp³-hybridized carbons (Fsp3) is 1.00. The summed E-state index contributed by atoms with van der Waals surface area (Å²) >= 11 is 0. The molecule has 1 aliphatic carbocycles. The third-order valence-electron chi connectivity index (χ3n) is 2.27. The molecule has 66 valence electrons. The molecule has 0 saturated heterocycles. The van der Waals surface area contributed by atoms with Crippen LogP contribution >= 0.6 is 0 Å². The number of hydrogen-bond donors (Lipinski definition) is 1. The van der Waals surface area contributed by atoms with Crippen molar-refractivity contribution < 1.29 is 4.74 Å². The Balaban J connectivity index is 2.31. The van der Waals surface area contributed by atoms with Crippen LogP contribution in [-0.4, -0.2) is 25.3 Å². The molecule has 0 amide bonds. The Morgan fingerprint density at radius 1 is 1.36 bits per heavy atom. The predicted octanol–water partition coefficient (Wildman–Crippen LogP) is 1.55. The van der Waals surface area contributed by atoms with E-state index >= 15 is 0 Å². The van der Waals surface area contributed by atoms with E-state index in [1.165, 1.54) is 19.3 Å². The van der Waals surface area contributed by atoms with E-state index in [9.17, 15) is 0 Å². The van der Waals surface area contributed by atoms with Gasteiger partial charge in [0.05, 0.1) is 12.2 Å². The minimum Gasteiger partial charge on any atom is -0.374 e.